The topological polar surface area (TPSA) is 120 Å². The van der Waals surface area contributed by atoms with Gasteiger partial charge in [0.05, 0.1) is 5.69 Å². The van der Waals surface area contributed by atoms with Gasteiger partial charge in [-0.2, -0.15) is 0 Å². The molecule has 1 unspecified atom stereocenters. The number of anilines is 1. The Bertz CT molecular complexity index is 1020. The van der Waals surface area contributed by atoms with Crippen molar-refractivity contribution >= 4 is 11.7 Å². The van der Waals surface area contributed by atoms with Crippen LogP contribution in [0.3, 0.4) is 0 Å². The highest BCUT2D eigenvalue weighted by molar-refractivity contribution is 5.92. The number of aromatic nitrogens is 1. The molecule has 2 fully saturated rings. The van der Waals surface area contributed by atoms with Crippen molar-refractivity contribution in [1.82, 2.24) is 4.98 Å². The van der Waals surface area contributed by atoms with E-state index in [2.05, 4.69) is 16.0 Å². The van der Waals surface area contributed by atoms with Gasteiger partial charge in [-0.1, -0.05) is 6.07 Å². The molecule has 3 aliphatic rings. The molecule has 27 heavy (non-hydrogen) atoms. The lowest BCUT2D eigenvalue weighted by Gasteiger charge is -2.23. The second-order valence-corrected chi connectivity index (χ2v) is 7.84. The summed E-state index contributed by atoms with van der Waals surface area (Å²) in [5.74, 6) is -0.617. The van der Waals surface area contributed by atoms with E-state index in [1.807, 2.05) is 12.1 Å². The van der Waals surface area contributed by atoms with E-state index in [4.69, 9.17) is 5.73 Å². The number of nitrogens with one attached hydrogen (secondary N) is 1. The van der Waals surface area contributed by atoms with Gasteiger partial charge in [-0.3, -0.25) is 4.79 Å². The Kier molecular flexibility index (Phi) is 3.40. The summed E-state index contributed by atoms with van der Waals surface area (Å²) in [6.07, 6.45) is 2.10. The summed E-state index contributed by atoms with van der Waals surface area (Å²) in [4.78, 5) is 28.6. The number of carboxylic acids is 1. The molecule has 7 nitrogen and oxygen atoms in total. The molecule has 2 aromatic rings. The number of benzene rings is 1. The van der Waals surface area contributed by atoms with Crippen molar-refractivity contribution in [2.45, 2.75) is 25.3 Å². The number of aromatic hydroxyl groups is 1. The minimum atomic E-state index is -1.41. The van der Waals surface area contributed by atoms with Crippen molar-refractivity contribution in [3.63, 3.8) is 0 Å². The summed E-state index contributed by atoms with van der Waals surface area (Å²) < 4.78 is 0. The molecule has 5 N–H and O–H groups in total. The highest BCUT2D eigenvalue weighted by Gasteiger charge is 2.53. The monoisotopic (exact) mass is 367 g/mol. The molecule has 1 aromatic heterocycles. The number of aromatic carboxylic acids is 1. The van der Waals surface area contributed by atoms with Crippen LogP contribution in [0.15, 0.2) is 23.0 Å². The third kappa shape index (κ3) is 2.38. The summed E-state index contributed by atoms with van der Waals surface area (Å²) in [5, 5.41) is 19.6. The first-order chi connectivity index (χ1) is 13.0. The number of carbonyl (C=O) groups is 1. The number of pyridine rings is 1. The van der Waals surface area contributed by atoms with Crippen molar-refractivity contribution in [2.24, 2.45) is 17.6 Å². The SMILES string of the molecule is NC1[C@H]2CN(c3ccc4c(c3)CCCc3c-4[nH]c(=O)c(C(=O)O)c3O)C[C@@H]12. The first-order valence-corrected chi connectivity index (χ1v) is 9.31. The van der Waals surface area contributed by atoms with E-state index in [1.165, 1.54) is 0 Å². The summed E-state index contributed by atoms with van der Waals surface area (Å²) in [7, 11) is 0. The lowest BCUT2D eigenvalue weighted by molar-refractivity contribution is 0.0691. The number of hydrogen-bond donors (Lipinski definition) is 4. The third-order valence-corrected chi connectivity index (χ3v) is 6.36. The fourth-order valence-corrected chi connectivity index (χ4v) is 4.77. The van der Waals surface area contributed by atoms with Gasteiger partial charge >= 0.3 is 5.97 Å². The Balaban J connectivity index is 1.57. The zero-order chi connectivity index (χ0) is 18.9. The van der Waals surface area contributed by atoms with Gasteiger partial charge in [0.25, 0.3) is 5.56 Å². The molecule has 140 valence electrons. The van der Waals surface area contributed by atoms with E-state index in [0.717, 1.165) is 42.7 Å². The Morgan fingerprint density at radius 1 is 1.22 bits per heavy atom. The van der Waals surface area contributed by atoms with Crippen LogP contribution >= 0.6 is 0 Å². The van der Waals surface area contributed by atoms with Crippen molar-refractivity contribution in [3.05, 3.63) is 45.2 Å². The second kappa shape index (κ2) is 5.60. The van der Waals surface area contributed by atoms with Gasteiger partial charge in [0.2, 0.25) is 0 Å². The molecule has 2 aliphatic carbocycles. The fourth-order valence-electron chi connectivity index (χ4n) is 4.77. The van der Waals surface area contributed by atoms with Gasteiger partial charge < -0.3 is 25.8 Å². The minimum absolute atomic E-state index is 0.352. The maximum absolute atomic E-state index is 12.2. The average molecular weight is 367 g/mol. The first kappa shape index (κ1) is 16.4. The number of fused-ring (bicyclic) bond motifs is 4. The van der Waals surface area contributed by atoms with Gasteiger partial charge in [-0.15, -0.1) is 0 Å². The third-order valence-electron chi connectivity index (χ3n) is 6.36. The predicted octanol–water partition coefficient (Wildman–Crippen LogP) is 1.33. The number of piperidine rings is 1. The normalized spacial score (nSPS) is 25.4. The van der Waals surface area contributed by atoms with E-state index in [0.29, 0.717) is 35.6 Å². The van der Waals surface area contributed by atoms with Gasteiger partial charge in [0, 0.05) is 35.9 Å². The molecule has 1 aliphatic heterocycles. The molecule has 1 aromatic carbocycles. The minimum Gasteiger partial charge on any atom is -0.506 e. The molecule has 7 heteroatoms. The Hall–Kier alpha value is -2.80. The van der Waals surface area contributed by atoms with Crippen LogP contribution in [0.5, 0.6) is 5.75 Å². The van der Waals surface area contributed by atoms with Crippen LogP contribution in [0.4, 0.5) is 5.69 Å². The van der Waals surface area contributed by atoms with Crippen LogP contribution in [0.2, 0.25) is 0 Å². The molecule has 0 amide bonds. The smallest absolute Gasteiger partial charge is 0.345 e. The lowest BCUT2D eigenvalue weighted by Crippen LogP contribution is -2.28. The predicted molar refractivity (Wildman–Crippen MR) is 100 cm³/mol. The molecule has 3 atom stereocenters. The van der Waals surface area contributed by atoms with Crippen molar-refractivity contribution in [2.75, 3.05) is 18.0 Å². The highest BCUT2D eigenvalue weighted by Crippen LogP contribution is 2.46. The number of hydrogen-bond acceptors (Lipinski definition) is 5. The van der Waals surface area contributed by atoms with Crippen LogP contribution in [0, 0.1) is 11.8 Å². The Morgan fingerprint density at radius 3 is 2.67 bits per heavy atom. The first-order valence-electron chi connectivity index (χ1n) is 9.31. The largest absolute Gasteiger partial charge is 0.506 e. The maximum Gasteiger partial charge on any atom is 0.345 e. The standard InChI is InChI=1S/C20H21N3O4/c21-16-13-7-23(8-14(13)16)10-4-5-11-9(6-10)2-1-3-12-17(11)22-19(25)15(18(12)24)20(26)27/h4-6,13-14,16H,1-3,7-8,21H2,(H,26,27)(H2,22,24,25)/t13-,14+,16?. The highest BCUT2D eigenvalue weighted by atomic mass is 16.4. The molecular weight excluding hydrogens is 346 g/mol. The summed E-state index contributed by atoms with van der Waals surface area (Å²) >= 11 is 0. The van der Waals surface area contributed by atoms with Gasteiger partial charge in [0.1, 0.15) is 5.75 Å². The molecule has 1 saturated heterocycles. The van der Waals surface area contributed by atoms with Crippen molar-refractivity contribution in [3.8, 4) is 17.0 Å². The quantitative estimate of drug-likeness (QED) is 0.636. The van der Waals surface area contributed by atoms with Crippen LogP contribution in [-0.2, 0) is 12.8 Å². The van der Waals surface area contributed by atoms with Crippen LogP contribution in [-0.4, -0.2) is 40.3 Å². The van der Waals surface area contributed by atoms with Gasteiger partial charge in [-0.05, 0) is 48.8 Å². The van der Waals surface area contributed by atoms with E-state index in [-0.39, 0.29) is 0 Å². The summed E-state index contributed by atoms with van der Waals surface area (Å²) in [6, 6.07) is 6.51. The Labute approximate surface area is 155 Å². The molecule has 0 radical (unpaired) electrons. The molecule has 0 spiro atoms. The van der Waals surface area contributed by atoms with Gasteiger partial charge in [0.15, 0.2) is 5.56 Å². The zero-order valence-corrected chi connectivity index (χ0v) is 14.7. The number of carboxylic acid groups (broad SMARTS) is 1. The second-order valence-electron chi connectivity index (χ2n) is 7.84. The van der Waals surface area contributed by atoms with E-state index < -0.39 is 22.8 Å². The average Bonchev–Trinajstić information content (AvgIpc) is 3.06. The zero-order valence-electron chi connectivity index (χ0n) is 14.7. The van der Waals surface area contributed by atoms with Crippen molar-refractivity contribution in [1.29, 1.82) is 0 Å². The molecule has 2 heterocycles. The van der Waals surface area contributed by atoms with Crippen LogP contribution in [0.25, 0.3) is 11.3 Å². The number of aromatic amines is 1. The maximum atomic E-state index is 12.2. The fraction of sp³-hybridized carbons (Fsp3) is 0.400. The van der Waals surface area contributed by atoms with Gasteiger partial charge in [-0.25, -0.2) is 4.79 Å². The summed E-state index contributed by atoms with van der Waals surface area (Å²) in [6.45, 7) is 1.97. The Morgan fingerprint density at radius 2 is 1.96 bits per heavy atom. The molecule has 0 bridgehead atoms. The van der Waals surface area contributed by atoms with E-state index >= 15 is 0 Å². The van der Waals surface area contributed by atoms with E-state index in [1.54, 1.807) is 0 Å². The van der Waals surface area contributed by atoms with Crippen LogP contribution < -0.4 is 16.2 Å². The number of rotatable bonds is 2. The van der Waals surface area contributed by atoms with E-state index in [9.17, 15) is 19.8 Å². The number of nitrogens with zero attached hydrogens (tertiary/aromatic N) is 1. The molecular formula is C20H21N3O4. The lowest BCUT2D eigenvalue weighted by atomic mass is 9.99. The van der Waals surface area contributed by atoms with Crippen LogP contribution in [0.1, 0.15) is 27.9 Å². The summed E-state index contributed by atoms with van der Waals surface area (Å²) in [5.41, 5.74) is 8.84. The number of aryl methyl sites for hydroxylation is 1. The number of H-pyrrole nitrogens is 1. The molecule has 5 rings (SSSR count). The van der Waals surface area contributed by atoms with Crippen molar-refractivity contribution < 1.29 is 15.0 Å². The molecule has 1 saturated carbocycles. The number of nitrogens with two attached hydrogens (primary N) is 1.